The van der Waals surface area contributed by atoms with Gasteiger partial charge in [0.05, 0.1) is 16.1 Å². The molecule has 1 aliphatic rings. The summed E-state index contributed by atoms with van der Waals surface area (Å²) in [6.07, 6.45) is 2.42. The molecular weight excluding hydrogens is 276 g/mol. The molecule has 1 aromatic heterocycles. The van der Waals surface area contributed by atoms with E-state index in [1.165, 1.54) is 11.0 Å². The molecule has 0 spiro atoms. The van der Waals surface area contributed by atoms with E-state index in [1.807, 2.05) is 0 Å². The van der Waals surface area contributed by atoms with Crippen molar-refractivity contribution in [2.24, 2.45) is 0 Å². The molecule has 1 aromatic rings. The van der Waals surface area contributed by atoms with E-state index in [0.717, 1.165) is 6.20 Å². The van der Waals surface area contributed by atoms with Crippen molar-refractivity contribution < 1.29 is 14.8 Å². The third-order valence-electron chi connectivity index (χ3n) is 3.51. The van der Waals surface area contributed by atoms with Crippen LogP contribution in [-0.4, -0.2) is 51.6 Å². The number of carbonyl (C=O) groups excluding carboxylic acids is 1. The zero-order valence-electron chi connectivity index (χ0n) is 12.0. The maximum atomic E-state index is 12.6. The second-order valence-electron chi connectivity index (χ2n) is 5.42. The fourth-order valence-electron chi connectivity index (χ4n) is 2.48. The summed E-state index contributed by atoms with van der Waals surface area (Å²) < 4.78 is 0. The van der Waals surface area contributed by atoms with Gasteiger partial charge >= 0.3 is 0 Å². The van der Waals surface area contributed by atoms with Crippen molar-refractivity contribution in [3.05, 3.63) is 27.9 Å². The molecule has 1 saturated heterocycles. The van der Waals surface area contributed by atoms with E-state index in [0.29, 0.717) is 19.4 Å². The van der Waals surface area contributed by atoms with E-state index in [4.69, 9.17) is 0 Å². The number of nitro groups is 1. The molecule has 0 radical (unpaired) electrons. The first-order valence-corrected chi connectivity index (χ1v) is 6.68. The molecule has 2 heterocycles. The third-order valence-corrected chi connectivity index (χ3v) is 3.51. The minimum Gasteiger partial charge on any atom is -0.388 e. The predicted octanol–water partition coefficient (Wildman–Crippen LogP) is 1.02. The largest absolute Gasteiger partial charge is 0.388 e. The van der Waals surface area contributed by atoms with E-state index in [1.54, 1.807) is 14.0 Å². The second kappa shape index (κ2) is 5.65. The van der Waals surface area contributed by atoms with E-state index in [9.17, 15) is 20.0 Å². The molecule has 1 amide bonds. The summed E-state index contributed by atoms with van der Waals surface area (Å²) in [6, 6.07) is 1.21. The van der Waals surface area contributed by atoms with Gasteiger partial charge in [-0.05, 0) is 19.8 Å². The van der Waals surface area contributed by atoms with Crippen molar-refractivity contribution in [2.45, 2.75) is 25.4 Å². The fraction of sp³-hybridized carbons (Fsp3) is 0.538. The molecule has 0 aliphatic carbocycles. The summed E-state index contributed by atoms with van der Waals surface area (Å²) in [4.78, 5) is 28.2. The molecule has 114 valence electrons. The van der Waals surface area contributed by atoms with Crippen LogP contribution in [0.4, 0.5) is 11.5 Å². The highest BCUT2D eigenvalue weighted by Crippen LogP contribution is 2.25. The lowest BCUT2D eigenvalue weighted by molar-refractivity contribution is -0.385. The van der Waals surface area contributed by atoms with Crippen LogP contribution >= 0.6 is 0 Å². The van der Waals surface area contributed by atoms with Gasteiger partial charge in [0.15, 0.2) is 0 Å². The highest BCUT2D eigenvalue weighted by atomic mass is 16.6. The molecule has 2 rings (SSSR count). The number of nitrogens with zero attached hydrogens (tertiary/aromatic N) is 3. The number of β-amino-alcohol motifs (C(OH)–C–C–N with tert-alkyl or cyclic N) is 1. The Kier molecular flexibility index (Phi) is 4.08. The maximum absolute atomic E-state index is 12.6. The third kappa shape index (κ3) is 3.27. The van der Waals surface area contributed by atoms with E-state index in [2.05, 4.69) is 10.3 Å². The van der Waals surface area contributed by atoms with Gasteiger partial charge in [-0.25, -0.2) is 4.98 Å². The SMILES string of the molecule is CNc1ncc([N+](=O)[O-])cc1C(=O)N1CCCC(C)(O)C1. The Hall–Kier alpha value is -2.22. The van der Waals surface area contributed by atoms with Crippen LogP contribution in [0.5, 0.6) is 0 Å². The highest BCUT2D eigenvalue weighted by Gasteiger charge is 2.32. The molecule has 1 atom stereocenters. The topological polar surface area (TPSA) is 109 Å². The maximum Gasteiger partial charge on any atom is 0.288 e. The van der Waals surface area contributed by atoms with Gasteiger partial charge in [-0.2, -0.15) is 0 Å². The van der Waals surface area contributed by atoms with Gasteiger partial charge in [0.25, 0.3) is 11.6 Å². The summed E-state index contributed by atoms with van der Waals surface area (Å²) in [5.74, 6) is -0.0775. The summed E-state index contributed by atoms with van der Waals surface area (Å²) in [5.41, 5.74) is -1.02. The normalized spacial score (nSPS) is 22.0. The lowest BCUT2D eigenvalue weighted by Gasteiger charge is -2.36. The number of hydrogen-bond acceptors (Lipinski definition) is 6. The Morgan fingerprint density at radius 1 is 1.62 bits per heavy atom. The number of amides is 1. The number of piperidine rings is 1. The molecule has 0 saturated carbocycles. The number of aliphatic hydroxyl groups is 1. The summed E-state index contributed by atoms with van der Waals surface area (Å²) >= 11 is 0. The Bertz CT molecular complexity index is 573. The molecular formula is C13H18N4O4. The first kappa shape index (κ1) is 15.2. The summed E-state index contributed by atoms with van der Waals surface area (Å²) in [7, 11) is 1.59. The average Bonchev–Trinajstić information content (AvgIpc) is 2.44. The van der Waals surface area contributed by atoms with Crippen LogP contribution in [-0.2, 0) is 0 Å². The molecule has 21 heavy (non-hydrogen) atoms. The quantitative estimate of drug-likeness (QED) is 0.636. The molecule has 1 fully saturated rings. The van der Waals surface area contributed by atoms with Crippen LogP contribution in [0.25, 0.3) is 0 Å². The van der Waals surface area contributed by atoms with Gasteiger partial charge < -0.3 is 15.3 Å². The lowest BCUT2D eigenvalue weighted by Crippen LogP contribution is -2.48. The smallest absolute Gasteiger partial charge is 0.288 e. The number of pyridine rings is 1. The number of nitrogens with one attached hydrogen (secondary N) is 1. The molecule has 0 bridgehead atoms. The van der Waals surface area contributed by atoms with Crippen molar-refractivity contribution >= 4 is 17.4 Å². The zero-order valence-corrected chi connectivity index (χ0v) is 12.0. The van der Waals surface area contributed by atoms with Crippen LogP contribution in [0.15, 0.2) is 12.3 Å². The lowest BCUT2D eigenvalue weighted by atomic mass is 9.94. The van der Waals surface area contributed by atoms with Gasteiger partial charge in [-0.3, -0.25) is 14.9 Å². The Balaban J connectivity index is 2.33. The zero-order chi connectivity index (χ0) is 15.6. The number of aromatic nitrogens is 1. The first-order chi connectivity index (χ1) is 9.84. The molecule has 0 aromatic carbocycles. The van der Waals surface area contributed by atoms with Gasteiger partial charge in [-0.1, -0.05) is 0 Å². The van der Waals surface area contributed by atoms with Gasteiger partial charge in [0.2, 0.25) is 0 Å². The minimum atomic E-state index is -0.929. The van der Waals surface area contributed by atoms with Crippen molar-refractivity contribution in [3.8, 4) is 0 Å². The molecule has 8 heteroatoms. The second-order valence-corrected chi connectivity index (χ2v) is 5.42. The Morgan fingerprint density at radius 2 is 2.33 bits per heavy atom. The number of carbonyl (C=O) groups is 1. The number of rotatable bonds is 3. The van der Waals surface area contributed by atoms with Crippen LogP contribution in [0, 0.1) is 10.1 Å². The summed E-state index contributed by atoms with van der Waals surface area (Å²) in [6.45, 7) is 2.40. The summed E-state index contributed by atoms with van der Waals surface area (Å²) in [5, 5.41) is 23.7. The van der Waals surface area contributed by atoms with Crippen LogP contribution in [0.2, 0.25) is 0 Å². The van der Waals surface area contributed by atoms with Gasteiger partial charge in [0.1, 0.15) is 12.0 Å². The van der Waals surface area contributed by atoms with Crippen molar-refractivity contribution in [3.63, 3.8) is 0 Å². The minimum absolute atomic E-state index is 0.143. The van der Waals surface area contributed by atoms with Crippen LogP contribution in [0.1, 0.15) is 30.1 Å². The first-order valence-electron chi connectivity index (χ1n) is 6.68. The number of anilines is 1. The van der Waals surface area contributed by atoms with E-state index >= 15 is 0 Å². The van der Waals surface area contributed by atoms with E-state index < -0.39 is 10.5 Å². The Morgan fingerprint density at radius 3 is 2.90 bits per heavy atom. The number of likely N-dealkylation sites (tertiary alicyclic amines) is 1. The van der Waals surface area contributed by atoms with Crippen LogP contribution in [0.3, 0.4) is 0 Å². The fourth-order valence-corrected chi connectivity index (χ4v) is 2.48. The highest BCUT2D eigenvalue weighted by molar-refractivity contribution is 5.99. The van der Waals surface area contributed by atoms with E-state index in [-0.39, 0.29) is 29.5 Å². The standard InChI is InChI=1S/C13H18N4O4/c1-13(19)4-3-5-16(8-13)12(18)10-6-9(17(20)21)7-15-11(10)14-2/h6-7,19H,3-5,8H2,1-2H3,(H,14,15). The molecule has 1 aliphatic heterocycles. The van der Waals surface area contributed by atoms with Crippen molar-refractivity contribution in [1.29, 1.82) is 0 Å². The predicted molar refractivity (Wildman–Crippen MR) is 76.2 cm³/mol. The molecule has 1 unspecified atom stereocenters. The van der Waals surface area contributed by atoms with Crippen molar-refractivity contribution in [1.82, 2.24) is 9.88 Å². The molecule has 8 nitrogen and oxygen atoms in total. The van der Waals surface area contributed by atoms with Gasteiger partial charge in [-0.15, -0.1) is 0 Å². The monoisotopic (exact) mass is 294 g/mol. The Labute approximate surface area is 121 Å². The van der Waals surface area contributed by atoms with Crippen LogP contribution < -0.4 is 5.32 Å². The van der Waals surface area contributed by atoms with Crippen molar-refractivity contribution in [2.75, 3.05) is 25.5 Å². The average molecular weight is 294 g/mol. The van der Waals surface area contributed by atoms with Gasteiger partial charge in [0, 0.05) is 26.2 Å². The molecule has 2 N–H and O–H groups in total. The number of hydrogen-bond donors (Lipinski definition) is 2.